The number of carboxylic acid groups (broad SMARTS) is 1. The summed E-state index contributed by atoms with van der Waals surface area (Å²) in [7, 11) is 0. The Morgan fingerprint density at radius 1 is 1.19 bits per heavy atom. The van der Waals surface area contributed by atoms with Crippen molar-refractivity contribution in [1.82, 2.24) is 0 Å². The van der Waals surface area contributed by atoms with Crippen LogP contribution in [0.25, 0.3) is 0 Å². The number of ether oxygens (including phenoxy) is 1. The minimum absolute atomic E-state index is 0.0643. The molecule has 6 heteroatoms. The first kappa shape index (κ1) is 14.3. The van der Waals surface area contributed by atoms with E-state index in [0.717, 1.165) is 6.92 Å². The maximum Gasteiger partial charge on any atom is 0.324 e. The van der Waals surface area contributed by atoms with Gasteiger partial charge in [-0.3, -0.25) is 19.2 Å². The first-order valence-electron chi connectivity index (χ1n) is 4.81. The summed E-state index contributed by atoms with van der Waals surface area (Å²) in [6.07, 6.45) is -0.750. The molecule has 0 spiro atoms. The van der Waals surface area contributed by atoms with Gasteiger partial charge in [0.15, 0.2) is 17.5 Å². The molecule has 0 aliphatic carbocycles. The van der Waals surface area contributed by atoms with Crippen molar-refractivity contribution in [1.29, 1.82) is 0 Å². The van der Waals surface area contributed by atoms with E-state index in [0.29, 0.717) is 0 Å². The van der Waals surface area contributed by atoms with Gasteiger partial charge in [0.05, 0.1) is 13.0 Å². The van der Waals surface area contributed by atoms with E-state index in [4.69, 9.17) is 5.11 Å². The fourth-order valence-electron chi connectivity index (χ4n) is 1.12. The molecule has 0 aromatic heterocycles. The summed E-state index contributed by atoms with van der Waals surface area (Å²) < 4.78 is 4.57. The molecule has 1 atom stereocenters. The molecule has 0 amide bonds. The second-order valence-corrected chi connectivity index (χ2v) is 3.16. The maximum absolute atomic E-state index is 11.4. The number of esters is 1. The van der Waals surface area contributed by atoms with Crippen molar-refractivity contribution in [2.75, 3.05) is 6.61 Å². The topological polar surface area (TPSA) is 97.7 Å². The number of hydrogen-bond donors (Lipinski definition) is 1. The minimum atomic E-state index is -1.49. The number of Topliss-reactive ketones (excluding diaryl/α,β-unsaturated/α-hetero) is 2. The lowest BCUT2D eigenvalue weighted by atomic mass is 9.96. The molecule has 0 aromatic rings. The van der Waals surface area contributed by atoms with E-state index in [2.05, 4.69) is 4.74 Å². The van der Waals surface area contributed by atoms with Crippen LogP contribution in [0.2, 0.25) is 0 Å². The standard InChI is InChI=1S/C10H14O6/c1-3-16-10(15)9(6(2)11)7(12)4-5-8(13)14/h9H,3-5H2,1-2H3,(H,13,14). The number of carboxylic acids is 1. The molecule has 0 aromatic carbocycles. The predicted molar refractivity (Wildman–Crippen MR) is 52.7 cm³/mol. The lowest BCUT2D eigenvalue weighted by Crippen LogP contribution is -2.32. The average molecular weight is 230 g/mol. The van der Waals surface area contributed by atoms with Gasteiger partial charge in [-0.1, -0.05) is 0 Å². The van der Waals surface area contributed by atoms with Crippen LogP contribution in [0.5, 0.6) is 0 Å². The summed E-state index contributed by atoms with van der Waals surface area (Å²) in [5, 5.41) is 8.37. The van der Waals surface area contributed by atoms with E-state index in [1.165, 1.54) is 0 Å². The van der Waals surface area contributed by atoms with Gasteiger partial charge in [-0.2, -0.15) is 0 Å². The van der Waals surface area contributed by atoms with Gasteiger partial charge in [-0.05, 0) is 13.8 Å². The molecule has 16 heavy (non-hydrogen) atoms. The van der Waals surface area contributed by atoms with Crippen LogP contribution in [0, 0.1) is 5.92 Å². The second kappa shape index (κ2) is 6.71. The third-order valence-corrected chi connectivity index (χ3v) is 1.84. The Hall–Kier alpha value is -1.72. The highest BCUT2D eigenvalue weighted by Crippen LogP contribution is 2.08. The van der Waals surface area contributed by atoms with Gasteiger partial charge in [-0.15, -0.1) is 0 Å². The Kier molecular flexibility index (Phi) is 5.99. The summed E-state index contributed by atoms with van der Waals surface area (Å²) in [5.74, 6) is -4.90. The SMILES string of the molecule is CCOC(=O)C(C(C)=O)C(=O)CCC(=O)O. The van der Waals surface area contributed by atoms with Gasteiger partial charge in [0.25, 0.3) is 0 Å². The van der Waals surface area contributed by atoms with E-state index in [1.807, 2.05) is 0 Å². The van der Waals surface area contributed by atoms with Crippen LogP contribution in [0.4, 0.5) is 0 Å². The minimum Gasteiger partial charge on any atom is -0.481 e. The van der Waals surface area contributed by atoms with Crippen LogP contribution in [-0.2, 0) is 23.9 Å². The van der Waals surface area contributed by atoms with Crippen LogP contribution in [0.3, 0.4) is 0 Å². The van der Waals surface area contributed by atoms with Crippen molar-refractivity contribution in [3.63, 3.8) is 0 Å². The van der Waals surface area contributed by atoms with Gasteiger partial charge in [-0.25, -0.2) is 0 Å². The van der Waals surface area contributed by atoms with E-state index < -0.39 is 35.8 Å². The zero-order valence-electron chi connectivity index (χ0n) is 9.19. The monoisotopic (exact) mass is 230 g/mol. The highest BCUT2D eigenvalue weighted by Gasteiger charge is 2.32. The molecule has 0 radical (unpaired) electrons. The van der Waals surface area contributed by atoms with Crippen molar-refractivity contribution in [3.05, 3.63) is 0 Å². The van der Waals surface area contributed by atoms with E-state index >= 15 is 0 Å². The molecule has 1 N–H and O–H groups in total. The highest BCUT2D eigenvalue weighted by molar-refractivity contribution is 6.16. The lowest BCUT2D eigenvalue weighted by Gasteiger charge is -2.10. The van der Waals surface area contributed by atoms with Crippen LogP contribution < -0.4 is 0 Å². The van der Waals surface area contributed by atoms with Gasteiger partial charge >= 0.3 is 11.9 Å². The molecule has 0 heterocycles. The van der Waals surface area contributed by atoms with Crippen LogP contribution >= 0.6 is 0 Å². The zero-order valence-corrected chi connectivity index (χ0v) is 9.19. The number of carbonyl (C=O) groups excluding carboxylic acids is 3. The number of carbonyl (C=O) groups is 4. The third-order valence-electron chi connectivity index (χ3n) is 1.84. The molecule has 0 saturated carbocycles. The van der Waals surface area contributed by atoms with Gasteiger partial charge in [0.2, 0.25) is 0 Å². The molecule has 6 nitrogen and oxygen atoms in total. The Labute approximate surface area is 92.6 Å². The fourth-order valence-corrected chi connectivity index (χ4v) is 1.12. The number of rotatable bonds is 7. The largest absolute Gasteiger partial charge is 0.481 e. The Balaban J connectivity index is 4.53. The molecule has 0 saturated heterocycles. The summed E-state index contributed by atoms with van der Waals surface area (Å²) in [6, 6.07) is 0. The maximum atomic E-state index is 11.4. The Morgan fingerprint density at radius 3 is 2.12 bits per heavy atom. The third kappa shape index (κ3) is 4.68. The number of aliphatic carboxylic acids is 1. The second-order valence-electron chi connectivity index (χ2n) is 3.16. The molecule has 90 valence electrons. The van der Waals surface area contributed by atoms with Crippen molar-refractivity contribution in [3.8, 4) is 0 Å². The highest BCUT2D eigenvalue weighted by atomic mass is 16.5. The van der Waals surface area contributed by atoms with Gasteiger partial charge in [0, 0.05) is 6.42 Å². The van der Waals surface area contributed by atoms with Crippen molar-refractivity contribution in [2.45, 2.75) is 26.7 Å². The summed E-state index contributed by atoms with van der Waals surface area (Å²) in [4.78, 5) is 44.0. The van der Waals surface area contributed by atoms with Crippen molar-refractivity contribution >= 4 is 23.5 Å². The summed E-state index contributed by atoms with van der Waals surface area (Å²) in [5.41, 5.74) is 0. The number of ketones is 2. The van der Waals surface area contributed by atoms with Crippen molar-refractivity contribution in [2.24, 2.45) is 5.92 Å². The van der Waals surface area contributed by atoms with Crippen LogP contribution in [0.15, 0.2) is 0 Å². The lowest BCUT2D eigenvalue weighted by molar-refractivity contribution is -0.155. The summed E-state index contributed by atoms with van der Waals surface area (Å²) >= 11 is 0. The van der Waals surface area contributed by atoms with Gasteiger partial charge < -0.3 is 9.84 Å². The molecular formula is C10H14O6. The first-order valence-corrected chi connectivity index (χ1v) is 4.81. The first-order chi connectivity index (χ1) is 7.40. The molecule has 0 bridgehead atoms. The molecule has 0 fully saturated rings. The molecule has 0 rings (SSSR count). The van der Waals surface area contributed by atoms with Gasteiger partial charge in [0.1, 0.15) is 0 Å². The average Bonchev–Trinajstić information content (AvgIpc) is 2.14. The Morgan fingerprint density at radius 2 is 1.75 bits per heavy atom. The quantitative estimate of drug-likeness (QED) is 0.495. The smallest absolute Gasteiger partial charge is 0.324 e. The number of hydrogen-bond acceptors (Lipinski definition) is 5. The molecule has 0 aliphatic rings. The molecular weight excluding hydrogens is 216 g/mol. The summed E-state index contributed by atoms with van der Waals surface area (Å²) in [6.45, 7) is 2.71. The zero-order chi connectivity index (χ0) is 12.7. The normalized spacial score (nSPS) is 11.6. The van der Waals surface area contributed by atoms with E-state index in [-0.39, 0.29) is 13.0 Å². The molecule has 1 unspecified atom stereocenters. The van der Waals surface area contributed by atoms with Crippen LogP contribution in [0.1, 0.15) is 26.7 Å². The van der Waals surface area contributed by atoms with Crippen LogP contribution in [-0.4, -0.2) is 35.2 Å². The van der Waals surface area contributed by atoms with E-state index in [1.54, 1.807) is 6.92 Å². The molecule has 0 aliphatic heterocycles. The van der Waals surface area contributed by atoms with Crippen molar-refractivity contribution < 1.29 is 29.0 Å². The Bertz CT molecular complexity index is 306. The van der Waals surface area contributed by atoms with E-state index in [9.17, 15) is 19.2 Å². The predicted octanol–water partition coefficient (Wildman–Crippen LogP) is 0.189. The fraction of sp³-hybridized carbons (Fsp3) is 0.600.